The molecule has 0 N–H and O–H groups in total. The summed E-state index contributed by atoms with van der Waals surface area (Å²) in [5.74, 6) is 0. The van der Waals surface area contributed by atoms with Crippen molar-refractivity contribution in [3.8, 4) is 0 Å². The predicted molar refractivity (Wildman–Crippen MR) is 44.0 cm³/mol. The van der Waals surface area contributed by atoms with Gasteiger partial charge in [-0.1, -0.05) is 0 Å². The van der Waals surface area contributed by atoms with E-state index in [0.29, 0.717) is 6.20 Å². The molecule has 6 heteroatoms. The molecule has 0 saturated carbocycles. The minimum atomic E-state index is -4.40. The number of furan rings is 1. The third-order valence-electron chi connectivity index (χ3n) is 1.67. The number of rotatable bonds is 0. The van der Waals surface area contributed by atoms with Gasteiger partial charge in [0, 0.05) is 17.6 Å². The van der Waals surface area contributed by atoms with Crippen LogP contribution in [0.2, 0.25) is 5.22 Å². The zero-order chi connectivity index (χ0) is 10.3. The molecule has 0 bridgehead atoms. The van der Waals surface area contributed by atoms with E-state index in [-0.39, 0.29) is 16.3 Å². The summed E-state index contributed by atoms with van der Waals surface area (Å²) in [4.78, 5) is 3.50. The Morgan fingerprint density at radius 2 is 2.00 bits per heavy atom. The Morgan fingerprint density at radius 1 is 1.29 bits per heavy atom. The summed E-state index contributed by atoms with van der Waals surface area (Å²) < 4.78 is 41.5. The Morgan fingerprint density at radius 3 is 2.64 bits per heavy atom. The number of aromatic nitrogens is 1. The van der Waals surface area contributed by atoms with Crippen LogP contribution in [0.5, 0.6) is 0 Å². The van der Waals surface area contributed by atoms with Gasteiger partial charge < -0.3 is 4.42 Å². The predicted octanol–water partition coefficient (Wildman–Crippen LogP) is 3.50. The first-order chi connectivity index (χ1) is 6.47. The maximum Gasteiger partial charge on any atom is 0.417 e. The number of alkyl halides is 3. The van der Waals surface area contributed by atoms with Crippen LogP contribution < -0.4 is 0 Å². The summed E-state index contributed by atoms with van der Waals surface area (Å²) in [7, 11) is 0. The van der Waals surface area contributed by atoms with Gasteiger partial charge in [0.1, 0.15) is 0 Å². The molecular formula is C8H3ClF3NO. The molecule has 74 valence electrons. The van der Waals surface area contributed by atoms with Crippen molar-refractivity contribution >= 4 is 22.7 Å². The first-order valence-corrected chi connectivity index (χ1v) is 3.97. The summed E-state index contributed by atoms with van der Waals surface area (Å²) >= 11 is 5.46. The highest BCUT2D eigenvalue weighted by Gasteiger charge is 2.31. The van der Waals surface area contributed by atoms with E-state index in [0.717, 1.165) is 6.07 Å². The van der Waals surface area contributed by atoms with Crippen LogP contribution in [0.4, 0.5) is 13.2 Å². The molecule has 0 unspecified atom stereocenters. The summed E-state index contributed by atoms with van der Waals surface area (Å²) in [6.45, 7) is 0. The summed E-state index contributed by atoms with van der Waals surface area (Å²) in [5, 5.41) is 0.261. The van der Waals surface area contributed by atoms with Crippen LogP contribution in [0.1, 0.15) is 5.56 Å². The van der Waals surface area contributed by atoms with Crippen LogP contribution in [0.3, 0.4) is 0 Å². The lowest BCUT2D eigenvalue weighted by Crippen LogP contribution is -2.04. The van der Waals surface area contributed by atoms with Crippen LogP contribution in [0.25, 0.3) is 11.1 Å². The Kier molecular flexibility index (Phi) is 1.92. The van der Waals surface area contributed by atoms with Gasteiger partial charge >= 0.3 is 6.18 Å². The number of fused-ring (bicyclic) bond motifs is 1. The second-order valence-corrected chi connectivity index (χ2v) is 3.04. The molecule has 14 heavy (non-hydrogen) atoms. The molecule has 0 amide bonds. The van der Waals surface area contributed by atoms with E-state index in [1.165, 1.54) is 6.07 Å². The van der Waals surface area contributed by atoms with Gasteiger partial charge in [-0.2, -0.15) is 13.2 Å². The maximum atomic E-state index is 12.2. The Bertz CT molecular complexity index is 477. The van der Waals surface area contributed by atoms with Crippen LogP contribution in [0.15, 0.2) is 22.7 Å². The molecule has 0 atom stereocenters. The largest absolute Gasteiger partial charge is 0.426 e. The van der Waals surface area contributed by atoms with Crippen molar-refractivity contribution in [3.05, 3.63) is 29.1 Å². The van der Waals surface area contributed by atoms with Crippen molar-refractivity contribution in [3.63, 3.8) is 0 Å². The van der Waals surface area contributed by atoms with E-state index < -0.39 is 11.7 Å². The molecule has 0 spiro atoms. The van der Waals surface area contributed by atoms with Gasteiger partial charge in [0.2, 0.25) is 5.71 Å². The molecule has 0 radical (unpaired) electrons. The average Bonchev–Trinajstić information content (AvgIpc) is 2.41. The van der Waals surface area contributed by atoms with Crippen molar-refractivity contribution in [1.29, 1.82) is 0 Å². The van der Waals surface area contributed by atoms with Gasteiger partial charge in [0.25, 0.3) is 0 Å². The summed E-state index contributed by atoms with van der Waals surface area (Å²) in [5.41, 5.74) is -0.717. The van der Waals surface area contributed by atoms with Gasteiger partial charge in [-0.25, -0.2) is 4.98 Å². The molecule has 2 heterocycles. The van der Waals surface area contributed by atoms with E-state index in [9.17, 15) is 13.2 Å². The van der Waals surface area contributed by atoms with E-state index in [1.807, 2.05) is 0 Å². The second kappa shape index (κ2) is 2.88. The number of hydrogen-bond acceptors (Lipinski definition) is 2. The van der Waals surface area contributed by atoms with Gasteiger partial charge in [-0.3, -0.25) is 0 Å². The highest BCUT2D eigenvalue weighted by molar-refractivity contribution is 6.29. The van der Waals surface area contributed by atoms with E-state index in [2.05, 4.69) is 4.98 Å². The smallest absolute Gasteiger partial charge is 0.417 e. The monoisotopic (exact) mass is 221 g/mol. The fraction of sp³-hybridized carbons (Fsp3) is 0.125. The van der Waals surface area contributed by atoms with Gasteiger partial charge in [-0.05, 0) is 17.7 Å². The quantitative estimate of drug-likeness (QED) is 0.681. The zero-order valence-electron chi connectivity index (χ0n) is 6.60. The minimum absolute atomic E-state index is 0.0202. The zero-order valence-corrected chi connectivity index (χ0v) is 7.36. The number of halogens is 4. The van der Waals surface area contributed by atoms with Gasteiger partial charge in [0.05, 0.1) is 5.56 Å². The van der Waals surface area contributed by atoms with Gasteiger partial charge in [-0.15, -0.1) is 0 Å². The minimum Gasteiger partial charge on any atom is -0.426 e. The van der Waals surface area contributed by atoms with Crippen LogP contribution >= 0.6 is 11.6 Å². The van der Waals surface area contributed by atoms with Crippen molar-refractivity contribution in [2.45, 2.75) is 6.18 Å². The second-order valence-electron chi connectivity index (χ2n) is 2.67. The molecule has 0 aliphatic carbocycles. The molecule has 0 saturated heterocycles. The third-order valence-corrected chi connectivity index (χ3v) is 1.86. The van der Waals surface area contributed by atoms with Crippen molar-refractivity contribution in [1.82, 2.24) is 4.98 Å². The van der Waals surface area contributed by atoms with Crippen molar-refractivity contribution < 1.29 is 17.6 Å². The lowest BCUT2D eigenvalue weighted by Gasteiger charge is -2.04. The fourth-order valence-electron chi connectivity index (χ4n) is 1.06. The molecule has 2 nitrogen and oxygen atoms in total. The molecule has 0 fully saturated rings. The lowest BCUT2D eigenvalue weighted by atomic mass is 10.2. The molecule has 2 rings (SSSR count). The first-order valence-electron chi connectivity index (χ1n) is 3.59. The third kappa shape index (κ3) is 1.55. The highest BCUT2D eigenvalue weighted by Crippen LogP contribution is 2.31. The topological polar surface area (TPSA) is 26.0 Å². The Labute approximate surface area is 81.3 Å². The van der Waals surface area contributed by atoms with Crippen molar-refractivity contribution in [2.75, 3.05) is 0 Å². The van der Waals surface area contributed by atoms with Crippen LogP contribution in [-0.4, -0.2) is 4.98 Å². The molecule has 0 aliphatic rings. The normalized spacial score (nSPS) is 12.3. The standard InChI is InChI=1S/C8H3ClF3NO/c9-6-2-4-1-5(8(10,11)12)3-13-7(4)14-6/h1-3H. The molecule has 0 aliphatic heterocycles. The molecule has 2 aromatic rings. The molecule has 0 aromatic carbocycles. The Hall–Kier alpha value is -1.23. The fourth-order valence-corrected chi connectivity index (χ4v) is 1.25. The van der Waals surface area contributed by atoms with Crippen LogP contribution in [-0.2, 0) is 6.18 Å². The SMILES string of the molecule is FC(F)(F)c1cnc2oc(Cl)cc2c1. The van der Waals surface area contributed by atoms with E-state index in [1.54, 1.807) is 0 Å². The summed E-state index contributed by atoms with van der Waals surface area (Å²) in [6, 6.07) is 2.23. The number of nitrogens with zero attached hydrogens (tertiary/aromatic N) is 1. The van der Waals surface area contributed by atoms with E-state index in [4.69, 9.17) is 16.0 Å². The van der Waals surface area contributed by atoms with E-state index >= 15 is 0 Å². The lowest BCUT2D eigenvalue weighted by molar-refractivity contribution is -0.137. The Balaban J connectivity index is 2.62. The molecule has 2 aromatic heterocycles. The van der Waals surface area contributed by atoms with Crippen molar-refractivity contribution in [2.24, 2.45) is 0 Å². The van der Waals surface area contributed by atoms with Crippen LogP contribution in [0, 0.1) is 0 Å². The first kappa shape index (κ1) is 9.33. The summed E-state index contributed by atoms with van der Waals surface area (Å²) in [6.07, 6.45) is -3.69. The number of hydrogen-bond donors (Lipinski definition) is 0. The number of pyridine rings is 1. The van der Waals surface area contributed by atoms with Gasteiger partial charge in [0.15, 0.2) is 5.22 Å². The average molecular weight is 222 g/mol. The maximum absolute atomic E-state index is 12.2. The molecular weight excluding hydrogens is 219 g/mol. The highest BCUT2D eigenvalue weighted by atomic mass is 35.5.